The molecule has 0 unspecified atom stereocenters. The summed E-state index contributed by atoms with van der Waals surface area (Å²) >= 11 is 5.98. The molecule has 1 aromatic rings. The van der Waals surface area contributed by atoms with Crippen molar-refractivity contribution in [2.24, 2.45) is 0 Å². The molecule has 6 heteroatoms. The largest absolute Gasteiger partial charge is 0.495 e. The van der Waals surface area contributed by atoms with E-state index >= 15 is 0 Å². The second-order valence-corrected chi connectivity index (χ2v) is 4.23. The summed E-state index contributed by atoms with van der Waals surface area (Å²) in [6.45, 7) is -0.112. The molecule has 0 aliphatic carbocycles. The van der Waals surface area contributed by atoms with Crippen molar-refractivity contribution < 1.29 is 19.1 Å². The van der Waals surface area contributed by atoms with Gasteiger partial charge >= 0.3 is 5.97 Å². The van der Waals surface area contributed by atoms with Crippen molar-refractivity contribution in [2.45, 2.75) is 12.8 Å². The summed E-state index contributed by atoms with van der Waals surface area (Å²) in [5.41, 5.74) is 0.930. The van der Waals surface area contributed by atoms with Crippen molar-refractivity contribution in [3.8, 4) is 5.75 Å². The Morgan fingerprint density at radius 2 is 2.05 bits per heavy atom. The number of methoxy groups -OCH3 is 2. The van der Waals surface area contributed by atoms with E-state index in [4.69, 9.17) is 16.3 Å². The SMILES string of the molecule is COC(=O)CNC(=O)CCc1ccc(OC)c(Cl)c1. The maximum atomic E-state index is 11.5. The number of carbonyl (C=O) groups is 2. The highest BCUT2D eigenvalue weighted by atomic mass is 35.5. The zero-order valence-electron chi connectivity index (χ0n) is 10.9. The van der Waals surface area contributed by atoms with Crippen LogP contribution in [0.15, 0.2) is 18.2 Å². The quantitative estimate of drug-likeness (QED) is 0.806. The van der Waals surface area contributed by atoms with Gasteiger partial charge in [0, 0.05) is 6.42 Å². The fourth-order valence-corrected chi connectivity index (χ4v) is 1.73. The Morgan fingerprint density at radius 3 is 2.63 bits per heavy atom. The monoisotopic (exact) mass is 285 g/mol. The summed E-state index contributed by atoms with van der Waals surface area (Å²) in [7, 11) is 2.81. The Balaban J connectivity index is 2.42. The predicted molar refractivity (Wildman–Crippen MR) is 71.4 cm³/mol. The number of rotatable bonds is 6. The van der Waals surface area contributed by atoms with E-state index in [-0.39, 0.29) is 18.9 Å². The van der Waals surface area contributed by atoms with Gasteiger partial charge in [-0.05, 0) is 24.1 Å². The van der Waals surface area contributed by atoms with Gasteiger partial charge in [0.15, 0.2) is 0 Å². The van der Waals surface area contributed by atoms with Crippen molar-refractivity contribution in [2.75, 3.05) is 20.8 Å². The molecule has 0 spiro atoms. The number of hydrogen-bond acceptors (Lipinski definition) is 4. The van der Waals surface area contributed by atoms with Crippen molar-refractivity contribution >= 4 is 23.5 Å². The van der Waals surface area contributed by atoms with Crippen LogP contribution in [0, 0.1) is 0 Å². The first kappa shape index (κ1) is 15.3. The lowest BCUT2D eigenvalue weighted by atomic mass is 10.1. The summed E-state index contributed by atoms with van der Waals surface area (Å²) in [5.74, 6) is -0.0845. The standard InChI is InChI=1S/C13H16ClNO4/c1-18-11-5-3-9(7-10(11)14)4-6-12(16)15-8-13(17)19-2/h3,5,7H,4,6,8H2,1-2H3,(H,15,16). The van der Waals surface area contributed by atoms with Crippen molar-refractivity contribution in [1.29, 1.82) is 0 Å². The van der Waals surface area contributed by atoms with E-state index in [0.29, 0.717) is 17.2 Å². The number of halogens is 1. The molecule has 19 heavy (non-hydrogen) atoms. The van der Waals surface area contributed by atoms with Gasteiger partial charge in [-0.2, -0.15) is 0 Å². The van der Waals surface area contributed by atoms with Crippen molar-refractivity contribution in [1.82, 2.24) is 5.32 Å². The molecule has 104 valence electrons. The number of carbonyl (C=O) groups excluding carboxylic acids is 2. The minimum atomic E-state index is -0.471. The summed E-state index contributed by atoms with van der Waals surface area (Å²) < 4.78 is 9.46. The number of nitrogens with one attached hydrogen (secondary N) is 1. The van der Waals surface area contributed by atoms with Crippen LogP contribution in [0.4, 0.5) is 0 Å². The average Bonchev–Trinajstić information content (AvgIpc) is 2.42. The second-order valence-electron chi connectivity index (χ2n) is 3.82. The fraction of sp³-hybridized carbons (Fsp3) is 0.385. The Bertz CT molecular complexity index is 462. The van der Waals surface area contributed by atoms with Crippen molar-refractivity contribution in [3.63, 3.8) is 0 Å². The van der Waals surface area contributed by atoms with Crippen LogP contribution in [0.5, 0.6) is 5.75 Å². The molecule has 5 nitrogen and oxygen atoms in total. The molecule has 0 atom stereocenters. The molecule has 0 heterocycles. The first-order valence-electron chi connectivity index (χ1n) is 5.72. The maximum Gasteiger partial charge on any atom is 0.325 e. The van der Waals surface area contributed by atoms with Crippen LogP contribution in [0.25, 0.3) is 0 Å². The van der Waals surface area contributed by atoms with Gasteiger partial charge in [0.25, 0.3) is 0 Å². The molecule has 0 bridgehead atoms. The molecule has 1 aromatic carbocycles. The second kappa shape index (κ2) is 7.63. The Labute approximate surface area is 116 Å². The minimum Gasteiger partial charge on any atom is -0.495 e. The number of benzene rings is 1. The topological polar surface area (TPSA) is 64.6 Å². The lowest BCUT2D eigenvalue weighted by molar-refractivity contribution is -0.141. The lowest BCUT2D eigenvalue weighted by Crippen LogP contribution is -2.30. The third-order valence-corrected chi connectivity index (χ3v) is 2.81. The molecule has 1 N–H and O–H groups in total. The first-order chi connectivity index (χ1) is 9.06. The highest BCUT2D eigenvalue weighted by molar-refractivity contribution is 6.32. The zero-order chi connectivity index (χ0) is 14.3. The number of hydrogen-bond donors (Lipinski definition) is 1. The highest BCUT2D eigenvalue weighted by Gasteiger charge is 2.07. The minimum absolute atomic E-state index is 0.112. The summed E-state index contributed by atoms with van der Waals surface area (Å²) in [4.78, 5) is 22.3. The smallest absolute Gasteiger partial charge is 0.325 e. The number of ether oxygens (including phenoxy) is 2. The third-order valence-electron chi connectivity index (χ3n) is 2.51. The van der Waals surface area contributed by atoms with Gasteiger partial charge in [0.1, 0.15) is 12.3 Å². The van der Waals surface area contributed by atoms with Gasteiger partial charge < -0.3 is 14.8 Å². The molecule has 0 saturated heterocycles. The van der Waals surface area contributed by atoms with Crippen LogP contribution in [0.1, 0.15) is 12.0 Å². The van der Waals surface area contributed by atoms with Gasteiger partial charge in [-0.1, -0.05) is 17.7 Å². The van der Waals surface area contributed by atoms with Crippen LogP contribution in [-0.4, -0.2) is 32.6 Å². The number of esters is 1. The summed E-state index contributed by atoms with van der Waals surface area (Å²) in [6, 6.07) is 5.36. The van der Waals surface area contributed by atoms with E-state index in [2.05, 4.69) is 10.1 Å². The van der Waals surface area contributed by atoms with Gasteiger partial charge in [-0.25, -0.2) is 0 Å². The van der Waals surface area contributed by atoms with Gasteiger partial charge in [-0.15, -0.1) is 0 Å². The number of amides is 1. The van der Waals surface area contributed by atoms with E-state index < -0.39 is 5.97 Å². The van der Waals surface area contributed by atoms with Crippen LogP contribution >= 0.6 is 11.6 Å². The first-order valence-corrected chi connectivity index (χ1v) is 6.10. The molecular weight excluding hydrogens is 270 g/mol. The molecule has 0 aliphatic rings. The van der Waals surface area contributed by atoms with Crippen LogP contribution in [0.3, 0.4) is 0 Å². The molecule has 1 amide bonds. The van der Waals surface area contributed by atoms with Crippen LogP contribution in [0.2, 0.25) is 5.02 Å². The molecule has 0 aromatic heterocycles. The Hall–Kier alpha value is -1.75. The van der Waals surface area contributed by atoms with Crippen LogP contribution < -0.4 is 10.1 Å². The van der Waals surface area contributed by atoms with Gasteiger partial charge in [0.05, 0.1) is 19.2 Å². The predicted octanol–water partition coefficient (Wildman–Crippen LogP) is 1.57. The highest BCUT2D eigenvalue weighted by Crippen LogP contribution is 2.25. The van der Waals surface area contributed by atoms with E-state index in [1.807, 2.05) is 6.07 Å². The number of aryl methyl sites for hydroxylation is 1. The Morgan fingerprint density at radius 1 is 1.32 bits per heavy atom. The van der Waals surface area contributed by atoms with E-state index in [1.165, 1.54) is 7.11 Å². The Kier molecular flexibility index (Phi) is 6.15. The molecule has 1 rings (SSSR count). The zero-order valence-corrected chi connectivity index (χ0v) is 11.6. The van der Waals surface area contributed by atoms with E-state index in [0.717, 1.165) is 5.56 Å². The maximum absolute atomic E-state index is 11.5. The van der Waals surface area contributed by atoms with Crippen LogP contribution in [-0.2, 0) is 20.7 Å². The van der Waals surface area contributed by atoms with Gasteiger partial charge in [-0.3, -0.25) is 9.59 Å². The third kappa shape index (κ3) is 5.18. The summed E-state index contributed by atoms with van der Waals surface area (Å²) in [5, 5.41) is 2.98. The van der Waals surface area contributed by atoms with Gasteiger partial charge in [0.2, 0.25) is 5.91 Å². The molecule has 0 radical (unpaired) electrons. The normalized spacial score (nSPS) is 9.84. The molecule has 0 saturated carbocycles. The average molecular weight is 286 g/mol. The van der Waals surface area contributed by atoms with Crippen molar-refractivity contribution in [3.05, 3.63) is 28.8 Å². The lowest BCUT2D eigenvalue weighted by Gasteiger charge is -2.06. The fourth-order valence-electron chi connectivity index (χ4n) is 1.45. The molecule has 0 aliphatic heterocycles. The summed E-state index contributed by atoms with van der Waals surface area (Å²) in [6.07, 6.45) is 0.816. The molecular formula is C13H16ClNO4. The van der Waals surface area contributed by atoms with E-state index in [9.17, 15) is 9.59 Å². The molecule has 0 fully saturated rings. The van der Waals surface area contributed by atoms with E-state index in [1.54, 1.807) is 19.2 Å².